The minimum atomic E-state index is -4.57. The minimum Gasteiger partial charge on any atom is -0.355 e. The predicted octanol–water partition coefficient (Wildman–Crippen LogP) is 2.33. The molecule has 2 aromatic rings. The first-order valence-electron chi connectivity index (χ1n) is 5.86. The third-order valence-corrected chi connectivity index (χ3v) is 3.75. The normalized spacial score (nSPS) is 13.7. The molecule has 20 heavy (non-hydrogen) atoms. The van der Waals surface area contributed by atoms with Gasteiger partial charge in [0.2, 0.25) is 0 Å². The van der Waals surface area contributed by atoms with Crippen LogP contribution < -0.4 is 4.90 Å². The lowest BCUT2D eigenvalue weighted by Crippen LogP contribution is -2.32. The van der Waals surface area contributed by atoms with Gasteiger partial charge in [0.1, 0.15) is 5.82 Å². The van der Waals surface area contributed by atoms with Gasteiger partial charge in [0.25, 0.3) is 5.82 Å². The fourth-order valence-corrected chi connectivity index (χ4v) is 2.43. The summed E-state index contributed by atoms with van der Waals surface area (Å²) in [4.78, 5) is 1.83. The summed E-state index contributed by atoms with van der Waals surface area (Å²) in [6.07, 6.45) is -2.60. The number of thioether (sulfide) groups is 1. The molecule has 0 aliphatic rings. The number of anilines is 1. The van der Waals surface area contributed by atoms with E-state index in [0.717, 1.165) is 10.3 Å². The van der Waals surface area contributed by atoms with Gasteiger partial charge in [0.15, 0.2) is 5.65 Å². The molecule has 0 aromatic carbocycles. The summed E-state index contributed by atoms with van der Waals surface area (Å²) in [5.74, 6) is 0.189. The summed E-state index contributed by atoms with van der Waals surface area (Å²) >= 11 is 1.66. The van der Waals surface area contributed by atoms with Gasteiger partial charge in [-0.15, -0.1) is 15.3 Å². The van der Waals surface area contributed by atoms with Crippen molar-refractivity contribution < 1.29 is 13.2 Å². The van der Waals surface area contributed by atoms with Gasteiger partial charge in [-0.3, -0.25) is 0 Å². The maximum absolute atomic E-state index is 12.8. The molecule has 1 atom stereocenters. The Morgan fingerprint density at radius 3 is 2.65 bits per heavy atom. The Hall–Kier alpha value is -1.51. The van der Waals surface area contributed by atoms with E-state index in [1.165, 1.54) is 6.07 Å². The van der Waals surface area contributed by atoms with Crippen molar-refractivity contribution in [3.8, 4) is 0 Å². The Morgan fingerprint density at radius 2 is 2.05 bits per heavy atom. The smallest absolute Gasteiger partial charge is 0.355 e. The summed E-state index contributed by atoms with van der Waals surface area (Å²) in [7, 11) is 1.80. The van der Waals surface area contributed by atoms with Crippen LogP contribution in [0.2, 0.25) is 0 Å². The summed E-state index contributed by atoms with van der Waals surface area (Å²) in [6.45, 7) is 1.99. The molecule has 110 valence electrons. The van der Waals surface area contributed by atoms with E-state index >= 15 is 0 Å². The van der Waals surface area contributed by atoms with Crippen molar-refractivity contribution in [1.29, 1.82) is 0 Å². The van der Waals surface area contributed by atoms with Gasteiger partial charge in [-0.2, -0.15) is 29.4 Å². The average molecular weight is 305 g/mol. The number of aromatic nitrogens is 4. The fraction of sp³-hybridized carbons (Fsp3) is 0.545. The van der Waals surface area contributed by atoms with Gasteiger partial charge in [0.05, 0.1) is 0 Å². The molecule has 5 nitrogen and oxygen atoms in total. The maximum Gasteiger partial charge on any atom is 0.453 e. The minimum absolute atomic E-state index is 0.0759. The number of hydrogen-bond donors (Lipinski definition) is 0. The van der Waals surface area contributed by atoms with Crippen LogP contribution in [0.3, 0.4) is 0 Å². The molecule has 0 aliphatic heterocycles. The lowest BCUT2D eigenvalue weighted by atomic mass is 10.3. The molecule has 9 heteroatoms. The van der Waals surface area contributed by atoms with E-state index in [1.807, 2.05) is 18.1 Å². The topological polar surface area (TPSA) is 46.3 Å². The largest absolute Gasteiger partial charge is 0.453 e. The number of halogens is 3. The van der Waals surface area contributed by atoms with Crippen molar-refractivity contribution in [3.63, 3.8) is 0 Å². The van der Waals surface area contributed by atoms with E-state index in [9.17, 15) is 13.2 Å². The van der Waals surface area contributed by atoms with Crippen molar-refractivity contribution in [1.82, 2.24) is 19.8 Å². The Balaban J connectivity index is 2.42. The molecule has 0 saturated heterocycles. The van der Waals surface area contributed by atoms with Crippen LogP contribution in [0.1, 0.15) is 12.7 Å². The highest BCUT2D eigenvalue weighted by molar-refractivity contribution is 7.98. The third-order valence-electron chi connectivity index (χ3n) is 2.93. The van der Waals surface area contributed by atoms with Crippen LogP contribution in [0.15, 0.2) is 12.1 Å². The van der Waals surface area contributed by atoms with Gasteiger partial charge >= 0.3 is 6.18 Å². The number of hydrogen-bond acceptors (Lipinski definition) is 5. The Kier molecular flexibility index (Phi) is 4.07. The van der Waals surface area contributed by atoms with Crippen molar-refractivity contribution in [2.75, 3.05) is 24.0 Å². The molecule has 0 spiro atoms. The van der Waals surface area contributed by atoms with Crippen LogP contribution in [0, 0.1) is 0 Å². The second-order valence-corrected chi connectivity index (χ2v) is 5.31. The van der Waals surface area contributed by atoms with Crippen molar-refractivity contribution in [2.45, 2.75) is 19.1 Å². The van der Waals surface area contributed by atoms with Gasteiger partial charge in [0, 0.05) is 18.8 Å². The van der Waals surface area contributed by atoms with Gasteiger partial charge < -0.3 is 4.90 Å². The zero-order valence-electron chi connectivity index (χ0n) is 11.2. The SMILES string of the molecule is CSCC(C)N(C)c1ccc2nnc(C(F)(F)F)n2n1. The first-order chi connectivity index (χ1) is 9.34. The lowest BCUT2D eigenvalue weighted by Gasteiger charge is -2.25. The molecular weight excluding hydrogens is 291 g/mol. The van der Waals surface area contributed by atoms with Gasteiger partial charge in [-0.1, -0.05) is 0 Å². The highest BCUT2D eigenvalue weighted by Crippen LogP contribution is 2.28. The van der Waals surface area contributed by atoms with Crippen LogP contribution in [0.5, 0.6) is 0 Å². The van der Waals surface area contributed by atoms with E-state index in [2.05, 4.69) is 15.3 Å². The molecule has 0 N–H and O–H groups in total. The van der Waals surface area contributed by atoms with Crippen LogP contribution in [0.4, 0.5) is 19.0 Å². The van der Waals surface area contributed by atoms with E-state index in [0.29, 0.717) is 5.82 Å². The molecule has 2 aromatic heterocycles. The molecule has 2 rings (SSSR count). The van der Waals surface area contributed by atoms with Gasteiger partial charge in [-0.05, 0) is 25.3 Å². The van der Waals surface area contributed by atoms with Crippen LogP contribution in [-0.4, -0.2) is 44.9 Å². The second-order valence-electron chi connectivity index (χ2n) is 4.40. The highest BCUT2D eigenvalue weighted by atomic mass is 32.2. The van der Waals surface area contributed by atoms with Crippen molar-refractivity contribution >= 4 is 23.2 Å². The zero-order valence-corrected chi connectivity index (χ0v) is 12.0. The number of rotatable bonds is 4. The first-order valence-corrected chi connectivity index (χ1v) is 7.25. The number of alkyl halides is 3. The average Bonchev–Trinajstić information content (AvgIpc) is 2.80. The molecule has 0 fully saturated rings. The molecule has 0 radical (unpaired) electrons. The molecule has 0 saturated carbocycles. The van der Waals surface area contributed by atoms with Crippen molar-refractivity contribution in [3.05, 3.63) is 18.0 Å². The molecule has 0 amide bonds. The van der Waals surface area contributed by atoms with E-state index in [1.54, 1.807) is 24.9 Å². The fourth-order valence-electron chi connectivity index (χ4n) is 1.72. The molecule has 1 unspecified atom stereocenters. The van der Waals surface area contributed by atoms with Crippen LogP contribution in [-0.2, 0) is 6.18 Å². The standard InChI is InChI=1S/C11H14F3N5S/c1-7(6-20-3)18(2)9-5-4-8-15-16-10(11(12,13)14)19(8)17-9/h4-5,7H,6H2,1-3H3. The Morgan fingerprint density at radius 1 is 1.35 bits per heavy atom. The Bertz CT molecular complexity index is 597. The lowest BCUT2D eigenvalue weighted by molar-refractivity contribution is -0.146. The molecular formula is C11H14F3N5S. The van der Waals surface area contributed by atoms with Gasteiger partial charge in [-0.25, -0.2) is 0 Å². The Labute approximate surface area is 118 Å². The summed E-state index contributed by atoms with van der Waals surface area (Å²) in [6, 6.07) is 3.27. The molecule has 0 bridgehead atoms. The maximum atomic E-state index is 12.8. The predicted molar refractivity (Wildman–Crippen MR) is 72.0 cm³/mol. The van der Waals surface area contributed by atoms with E-state index in [4.69, 9.17) is 0 Å². The number of fused-ring (bicyclic) bond motifs is 1. The molecule has 2 heterocycles. The third kappa shape index (κ3) is 2.82. The monoisotopic (exact) mass is 305 g/mol. The number of nitrogens with zero attached hydrogens (tertiary/aromatic N) is 5. The molecule has 0 aliphatic carbocycles. The van der Waals surface area contributed by atoms with E-state index in [-0.39, 0.29) is 11.7 Å². The zero-order chi connectivity index (χ0) is 14.9. The first kappa shape index (κ1) is 14.9. The summed E-state index contributed by atoms with van der Waals surface area (Å²) in [5, 5.41) is 10.6. The summed E-state index contributed by atoms with van der Waals surface area (Å²) in [5.41, 5.74) is 0.0759. The summed E-state index contributed by atoms with van der Waals surface area (Å²) < 4.78 is 39.1. The van der Waals surface area contributed by atoms with Crippen LogP contribution in [0.25, 0.3) is 5.65 Å². The quantitative estimate of drug-likeness (QED) is 0.867. The second kappa shape index (κ2) is 5.47. The highest BCUT2D eigenvalue weighted by Gasteiger charge is 2.37. The van der Waals surface area contributed by atoms with Crippen LogP contribution >= 0.6 is 11.8 Å². The van der Waals surface area contributed by atoms with Crippen molar-refractivity contribution in [2.24, 2.45) is 0 Å². The van der Waals surface area contributed by atoms with E-state index < -0.39 is 12.0 Å².